The SMILES string of the molecule is CCNC(CC)c1c(CC)[nH]c2c(C)cccc12. The molecule has 0 saturated heterocycles. The number of aryl methyl sites for hydroxylation is 2. The number of H-pyrrole nitrogens is 1. The third-order valence-electron chi connectivity index (χ3n) is 3.72. The lowest BCUT2D eigenvalue weighted by Crippen LogP contribution is -2.20. The topological polar surface area (TPSA) is 27.8 Å². The summed E-state index contributed by atoms with van der Waals surface area (Å²) in [4.78, 5) is 3.62. The largest absolute Gasteiger partial charge is 0.358 e. The van der Waals surface area contributed by atoms with Gasteiger partial charge in [0.05, 0.1) is 0 Å². The summed E-state index contributed by atoms with van der Waals surface area (Å²) in [5, 5.41) is 4.99. The lowest BCUT2D eigenvalue weighted by Gasteiger charge is -2.17. The summed E-state index contributed by atoms with van der Waals surface area (Å²) in [5.74, 6) is 0. The van der Waals surface area contributed by atoms with E-state index in [1.807, 2.05) is 0 Å². The van der Waals surface area contributed by atoms with Gasteiger partial charge in [-0.1, -0.05) is 39.0 Å². The summed E-state index contributed by atoms with van der Waals surface area (Å²) >= 11 is 0. The van der Waals surface area contributed by atoms with Crippen molar-refractivity contribution >= 4 is 10.9 Å². The zero-order valence-electron chi connectivity index (χ0n) is 11.9. The number of nitrogens with one attached hydrogen (secondary N) is 2. The third-order valence-corrected chi connectivity index (χ3v) is 3.72. The van der Waals surface area contributed by atoms with Crippen LogP contribution in [0.25, 0.3) is 10.9 Å². The molecule has 0 aliphatic heterocycles. The van der Waals surface area contributed by atoms with Crippen LogP contribution in [0.2, 0.25) is 0 Å². The number of rotatable bonds is 5. The second-order valence-electron chi connectivity index (χ2n) is 4.89. The molecular formula is C16H24N2. The molecule has 18 heavy (non-hydrogen) atoms. The average Bonchev–Trinajstić information content (AvgIpc) is 2.76. The van der Waals surface area contributed by atoms with Gasteiger partial charge in [-0.05, 0) is 37.4 Å². The molecule has 0 saturated carbocycles. The van der Waals surface area contributed by atoms with Crippen molar-refractivity contribution in [2.75, 3.05) is 6.54 Å². The summed E-state index contributed by atoms with van der Waals surface area (Å²) in [6.07, 6.45) is 2.19. The lowest BCUT2D eigenvalue weighted by atomic mass is 9.98. The van der Waals surface area contributed by atoms with E-state index >= 15 is 0 Å². The maximum Gasteiger partial charge on any atom is 0.0489 e. The molecule has 1 heterocycles. The molecule has 0 aliphatic rings. The molecule has 0 fully saturated rings. The van der Waals surface area contributed by atoms with Gasteiger partial charge in [-0.2, -0.15) is 0 Å². The predicted octanol–water partition coefficient (Wildman–Crippen LogP) is 4.10. The zero-order chi connectivity index (χ0) is 13.1. The summed E-state index contributed by atoms with van der Waals surface area (Å²) in [6, 6.07) is 7.04. The molecule has 98 valence electrons. The van der Waals surface area contributed by atoms with E-state index in [1.165, 1.54) is 27.7 Å². The van der Waals surface area contributed by atoms with Gasteiger partial charge in [-0.15, -0.1) is 0 Å². The van der Waals surface area contributed by atoms with Crippen LogP contribution >= 0.6 is 0 Å². The standard InChI is InChI=1S/C16H24N2/c1-5-13(17-7-3)15-12-10-8-9-11(4)16(12)18-14(15)6-2/h8-10,13,17-18H,5-7H2,1-4H3. The molecule has 2 N–H and O–H groups in total. The van der Waals surface area contributed by atoms with Gasteiger partial charge in [0, 0.05) is 22.6 Å². The Balaban J connectivity index is 2.62. The Morgan fingerprint density at radius 2 is 2.00 bits per heavy atom. The van der Waals surface area contributed by atoms with E-state index in [4.69, 9.17) is 0 Å². The van der Waals surface area contributed by atoms with Crippen LogP contribution in [-0.2, 0) is 6.42 Å². The quantitative estimate of drug-likeness (QED) is 0.814. The van der Waals surface area contributed by atoms with E-state index in [2.05, 4.69) is 56.2 Å². The van der Waals surface area contributed by atoms with Crippen LogP contribution in [0.5, 0.6) is 0 Å². The van der Waals surface area contributed by atoms with Gasteiger partial charge in [0.25, 0.3) is 0 Å². The Kier molecular flexibility index (Phi) is 4.07. The second-order valence-corrected chi connectivity index (χ2v) is 4.89. The molecule has 1 aromatic carbocycles. The molecule has 1 unspecified atom stereocenters. The van der Waals surface area contributed by atoms with Crippen LogP contribution < -0.4 is 5.32 Å². The van der Waals surface area contributed by atoms with Crippen LogP contribution in [0, 0.1) is 6.92 Å². The fraction of sp³-hybridized carbons (Fsp3) is 0.500. The molecule has 1 aromatic heterocycles. The highest BCUT2D eigenvalue weighted by molar-refractivity contribution is 5.87. The molecule has 2 aromatic rings. The Morgan fingerprint density at radius 3 is 2.61 bits per heavy atom. The molecule has 0 amide bonds. The highest BCUT2D eigenvalue weighted by Crippen LogP contribution is 2.31. The predicted molar refractivity (Wildman–Crippen MR) is 79.1 cm³/mol. The van der Waals surface area contributed by atoms with Crippen LogP contribution in [0.4, 0.5) is 0 Å². The van der Waals surface area contributed by atoms with Crippen molar-refractivity contribution in [1.82, 2.24) is 10.3 Å². The molecule has 0 bridgehead atoms. The summed E-state index contributed by atoms with van der Waals surface area (Å²) in [5.41, 5.74) is 5.49. The Labute approximate surface area is 110 Å². The molecular weight excluding hydrogens is 220 g/mol. The number of para-hydroxylation sites is 1. The molecule has 0 radical (unpaired) electrons. The molecule has 0 aliphatic carbocycles. The molecule has 0 spiro atoms. The van der Waals surface area contributed by atoms with Gasteiger partial charge < -0.3 is 10.3 Å². The molecule has 2 rings (SSSR count). The average molecular weight is 244 g/mol. The van der Waals surface area contributed by atoms with Crippen molar-refractivity contribution in [1.29, 1.82) is 0 Å². The van der Waals surface area contributed by atoms with Crippen molar-refractivity contribution in [3.8, 4) is 0 Å². The maximum absolute atomic E-state index is 3.62. The minimum absolute atomic E-state index is 0.459. The number of aromatic amines is 1. The van der Waals surface area contributed by atoms with Gasteiger partial charge in [-0.25, -0.2) is 0 Å². The normalized spacial score (nSPS) is 13.1. The third kappa shape index (κ3) is 2.17. The van der Waals surface area contributed by atoms with Crippen LogP contribution in [0.1, 0.15) is 50.1 Å². The number of fused-ring (bicyclic) bond motifs is 1. The monoisotopic (exact) mass is 244 g/mol. The van der Waals surface area contributed by atoms with E-state index in [1.54, 1.807) is 0 Å². The fourth-order valence-corrected chi connectivity index (χ4v) is 2.81. The van der Waals surface area contributed by atoms with Gasteiger partial charge >= 0.3 is 0 Å². The Morgan fingerprint density at radius 1 is 1.22 bits per heavy atom. The van der Waals surface area contributed by atoms with Crippen molar-refractivity contribution in [2.24, 2.45) is 0 Å². The van der Waals surface area contributed by atoms with Gasteiger partial charge in [-0.3, -0.25) is 0 Å². The summed E-state index contributed by atoms with van der Waals surface area (Å²) in [6.45, 7) is 9.84. The zero-order valence-corrected chi connectivity index (χ0v) is 11.9. The van der Waals surface area contributed by atoms with E-state index < -0.39 is 0 Å². The van der Waals surface area contributed by atoms with Crippen LogP contribution in [-0.4, -0.2) is 11.5 Å². The van der Waals surface area contributed by atoms with E-state index in [-0.39, 0.29) is 0 Å². The number of hydrogen-bond acceptors (Lipinski definition) is 1. The first-order valence-electron chi connectivity index (χ1n) is 7.06. The van der Waals surface area contributed by atoms with E-state index in [0.717, 1.165) is 19.4 Å². The van der Waals surface area contributed by atoms with Crippen molar-refractivity contribution in [2.45, 2.75) is 46.6 Å². The molecule has 1 atom stereocenters. The van der Waals surface area contributed by atoms with Gasteiger partial charge in [0.2, 0.25) is 0 Å². The van der Waals surface area contributed by atoms with Gasteiger partial charge in [0.15, 0.2) is 0 Å². The Bertz CT molecular complexity index is 525. The van der Waals surface area contributed by atoms with Gasteiger partial charge in [0.1, 0.15) is 0 Å². The molecule has 2 heteroatoms. The van der Waals surface area contributed by atoms with Crippen molar-refractivity contribution < 1.29 is 0 Å². The first-order valence-corrected chi connectivity index (χ1v) is 7.06. The first-order chi connectivity index (χ1) is 8.72. The van der Waals surface area contributed by atoms with Crippen molar-refractivity contribution in [3.05, 3.63) is 35.0 Å². The maximum atomic E-state index is 3.62. The minimum Gasteiger partial charge on any atom is -0.358 e. The minimum atomic E-state index is 0.459. The first kappa shape index (κ1) is 13.2. The van der Waals surface area contributed by atoms with Crippen molar-refractivity contribution in [3.63, 3.8) is 0 Å². The van der Waals surface area contributed by atoms with E-state index in [9.17, 15) is 0 Å². The fourth-order valence-electron chi connectivity index (χ4n) is 2.81. The second kappa shape index (κ2) is 5.57. The summed E-state index contributed by atoms with van der Waals surface area (Å²) < 4.78 is 0. The Hall–Kier alpha value is -1.28. The highest BCUT2D eigenvalue weighted by Gasteiger charge is 2.18. The lowest BCUT2D eigenvalue weighted by molar-refractivity contribution is 0.536. The summed E-state index contributed by atoms with van der Waals surface area (Å²) in [7, 11) is 0. The highest BCUT2D eigenvalue weighted by atomic mass is 14.9. The van der Waals surface area contributed by atoms with Crippen LogP contribution in [0.3, 0.4) is 0 Å². The number of benzene rings is 1. The number of aromatic nitrogens is 1. The van der Waals surface area contributed by atoms with E-state index in [0.29, 0.717) is 6.04 Å². The van der Waals surface area contributed by atoms with Crippen LogP contribution in [0.15, 0.2) is 18.2 Å². The number of hydrogen-bond donors (Lipinski definition) is 2. The smallest absolute Gasteiger partial charge is 0.0489 e. The molecule has 2 nitrogen and oxygen atoms in total.